The van der Waals surface area contributed by atoms with Crippen LogP contribution in [0.2, 0.25) is 0 Å². The predicted molar refractivity (Wildman–Crippen MR) is 94.6 cm³/mol. The number of aromatic nitrogens is 2. The molecular formula is C16H12BrN3O2S. The second-order valence-electron chi connectivity index (χ2n) is 5.21. The van der Waals surface area contributed by atoms with Crippen molar-refractivity contribution in [2.75, 3.05) is 10.7 Å². The van der Waals surface area contributed by atoms with E-state index in [9.17, 15) is 9.90 Å². The molecule has 1 atom stereocenters. The minimum absolute atomic E-state index is 0.0292. The maximum absolute atomic E-state index is 12.4. The standard InChI is InChI=1S/C16H12BrN3O2S/c17-9-5-6-13(21)10(7-9)15-20(14(22)8-23-15)16-18-11-3-1-2-4-12(11)19-16/h1-7,15,21H,8H2,(H,18,19). The highest BCUT2D eigenvalue weighted by Gasteiger charge is 2.37. The van der Waals surface area contributed by atoms with Gasteiger partial charge >= 0.3 is 0 Å². The molecule has 1 unspecified atom stereocenters. The van der Waals surface area contributed by atoms with E-state index >= 15 is 0 Å². The van der Waals surface area contributed by atoms with Gasteiger partial charge < -0.3 is 10.1 Å². The van der Waals surface area contributed by atoms with Gasteiger partial charge in [-0.3, -0.25) is 9.69 Å². The number of anilines is 1. The van der Waals surface area contributed by atoms with Crippen molar-refractivity contribution >= 4 is 50.6 Å². The first-order chi connectivity index (χ1) is 11.1. The van der Waals surface area contributed by atoms with Crippen LogP contribution in [0.1, 0.15) is 10.9 Å². The Bertz CT molecular complexity index is 878. The molecule has 116 valence electrons. The van der Waals surface area contributed by atoms with Crippen LogP contribution in [0.3, 0.4) is 0 Å². The van der Waals surface area contributed by atoms with Crippen LogP contribution in [0.4, 0.5) is 5.95 Å². The molecule has 1 saturated heterocycles. The SMILES string of the molecule is O=C1CSC(c2cc(Br)ccc2O)N1c1nc2ccccc2[nH]1. The van der Waals surface area contributed by atoms with E-state index in [0.717, 1.165) is 15.5 Å². The van der Waals surface area contributed by atoms with Crippen molar-refractivity contribution in [2.45, 2.75) is 5.37 Å². The summed E-state index contributed by atoms with van der Waals surface area (Å²) in [6.07, 6.45) is 0. The fraction of sp³-hybridized carbons (Fsp3) is 0.125. The number of halogens is 1. The zero-order valence-corrected chi connectivity index (χ0v) is 14.3. The molecule has 23 heavy (non-hydrogen) atoms. The zero-order valence-electron chi connectivity index (χ0n) is 11.9. The quantitative estimate of drug-likeness (QED) is 0.698. The molecule has 1 aliphatic heterocycles. The number of hydrogen-bond donors (Lipinski definition) is 2. The summed E-state index contributed by atoms with van der Waals surface area (Å²) in [5.74, 6) is 0.999. The first kappa shape index (κ1) is 14.6. The molecule has 0 saturated carbocycles. The topological polar surface area (TPSA) is 69.2 Å². The molecule has 5 nitrogen and oxygen atoms in total. The predicted octanol–water partition coefficient (Wildman–Crippen LogP) is 3.81. The number of aromatic hydroxyl groups is 1. The van der Waals surface area contributed by atoms with Crippen molar-refractivity contribution in [3.8, 4) is 5.75 Å². The van der Waals surface area contributed by atoms with E-state index in [2.05, 4.69) is 25.9 Å². The average molecular weight is 390 g/mol. The highest BCUT2D eigenvalue weighted by Crippen LogP contribution is 2.44. The van der Waals surface area contributed by atoms with Crippen molar-refractivity contribution in [3.63, 3.8) is 0 Å². The molecule has 1 aliphatic rings. The summed E-state index contributed by atoms with van der Waals surface area (Å²) < 4.78 is 0.856. The number of benzene rings is 2. The van der Waals surface area contributed by atoms with Gasteiger partial charge in [0, 0.05) is 10.0 Å². The second-order valence-corrected chi connectivity index (χ2v) is 7.19. The van der Waals surface area contributed by atoms with Crippen LogP contribution >= 0.6 is 27.7 Å². The molecule has 1 aromatic heterocycles. The largest absolute Gasteiger partial charge is 0.508 e. The summed E-state index contributed by atoms with van der Waals surface area (Å²) in [7, 11) is 0. The van der Waals surface area contributed by atoms with Gasteiger partial charge in [-0.15, -0.1) is 11.8 Å². The average Bonchev–Trinajstić information content (AvgIpc) is 3.12. The lowest BCUT2D eigenvalue weighted by Crippen LogP contribution is -2.28. The Morgan fingerprint density at radius 3 is 2.96 bits per heavy atom. The molecule has 0 aliphatic carbocycles. The summed E-state index contributed by atoms with van der Waals surface area (Å²) in [6.45, 7) is 0. The summed E-state index contributed by atoms with van der Waals surface area (Å²) in [4.78, 5) is 21.7. The number of carbonyl (C=O) groups excluding carboxylic acids is 1. The van der Waals surface area contributed by atoms with Crippen molar-refractivity contribution in [1.82, 2.24) is 9.97 Å². The fourth-order valence-electron chi connectivity index (χ4n) is 2.66. The maximum Gasteiger partial charge on any atom is 0.240 e. The van der Waals surface area contributed by atoms with Gasteiger partial charge in [-0.25, -0.2) is 4.98 Å². The van der Waals surface area contributed by atoms with Crippen molar-refractivity contribution in [2.24, 2.45) is 0 Å². The van der Waals surface area contributed by atoms with Gasteiger partial charge in [-0.1, -0.05) is 28.1 Å². The van der Waals surface area contributed by atoms with Gasteiger partial charge in [0.2, 0.25) is 11.9 Å². The normalized spacial score (nSPS) is 18.0. The minimum Gasteiger partial charge on any atom is -0.508 e. The van der Waals surface area contributed by atoms with Gasteiger partial charge in [-0.05, 0) is 30.3 Å². The van der Waals surface area contributed by atoms with E-state index in [1.807, 2.05) is 30.3 Å². The lowest BCUT2D eigenvalue weighted by molar-refractivity contribution is -0.115. The molecule has 2 heterocycles. The number of carbonyl (C=O) groups is 1. The number of H-pyrrole nitrogens is 1. The molecule has 4 rings (SSSR count). The van der Waals surface area contributed by atoms with Crippen molar-refractivity contribution < 1.29 is 9.90 Å². The second kappa shape index (κ2) is 5.58. The Morgan fingerprint density at radius 2 is 2.13 bits per heavy atom. The Kier molecular flexibility index (Phi) is 3.54. The molecule has 1 amide bonds. The van der Waals surface area contributed by atoms with Gasteiger partial charge in [-0.2, -0.15) is 0 Å². The Labute approximate surface area is 144 Å². The summed E-state index contributed by atoms with van der Waals surface area (Å²) in [6, 6.07) is 12.9. The van der Waals surface area contributed by atoms with E-state index in [0.29, 0.717) is 17.3 Å². The number of amides is 1. The first-order valence-corrected chi connectivity index (χ1v) is 8.84. The third kappa shape index (κ3) is 2.49. The van der Waals surface area contributed by atoms with Gasteiger partial charge in [0.25, 0.3) is 0 Å². The third-order valence-corrected chi connectivity index (χ3v) is 5.42. The van der Waals surface area contributed by atoms with Crippen molar-refractivity contribution in [3.05, 3.63) is 52.5 Å². The maximum atomic E-state index is 12.4. The lowest BCUT2D eigenvalue weighted by atomic mass is 10.2. The minimum atomic E-state index is -0.305. The summed E-state index contributed by atoms with van der Waals surface area (Å²) in [5.41, 5.74) is 2.38. The number of phenols is 1. The third-order valence-electron chi connectivity index (χ3n) is 3.73. The van der Waals surface area contributed by atoms with Crippen LogP contribution in [-0.4, -0.2) is 26.7 Å². The van der Waals surface area contributed by atoms with Crippen LogP contribution in [0.25, 0.3) is 11.0 Å². The molecule has 0 bridgehead atoms. The molecule has 0 spiro atoms. The number of thioether (sulfide) groups is 1. The number of hydrogen-bond acceptors (Lipinski definition) is 4. The summed E-state index contributed by atoms with van der Waals surface area (Å²) in [5, 5.41) is 9.88. The Hall–Kier alpha value is -1.99. The van der Waals surface area contributed by atoms with Gasteiger partial charge in [0.15, 0.2) is 0 Å². The van der Waals surface area contributed by atoms with Crippen LogP contribution in [-0.2, 0) is 4.79 Å². The van der Waals surface area contributed by atoms with E-state index in [1.54, 1.807) is 17.0 Å². The van der Waals surface area contributed by atoms with Crippen LogP contribution < -0.4 is 4.90 Å². The molecule has 7 heteroatoms. The zero-order chi connectivity index (χ0) is 16.0. The number of fused-ring (bicyclic) bond motifs is 1. The highest BCUT2D eigenvalue weighted by atomic mass is 79.9. The van der Waals surface area contributed by atoms with E-state index in [-0.39, 0.29) is 17.0 Å². The number of rotatable bonds is 2. The smallest absolute Gasteiger partial charge is 0.240 e. The van der Waals surface area contributed by atoms with Crippen LogP contribution in [0.5, 0.6) is 5.75 Å². The number of imidazole rings is 1. The lowest BCUT2D eigenvalue weighted by Gasteiger charge is -2.22. The van der Waals surface area contributed by atoms with Gasteiger partial charge in [0.1, 0.15) is 11.1 Å². The number of nitrogens with zero attached hydrogens (tertiary/aromatic N) is 2. The van der Waals surface area contributed by atoms with Crippen LogP contribution in [0.15, 0.2) is 46.9 Å². The molecule has 1 fully saturated rings. The van der Waals surface area contributed by atoms with Gasteiger partial charge in [0.05, 0.1) is 16.8 Å². The molecule has 3 aromatic rings. The van der Waals surface area contributed by atoms with Crippen molar-refractivity contribution in [1.29, 1.82) is 0 Å². The number of nitrogens with one attached hydrogen (secondary N) is 1. The van der Waals surface area contributed by atoms with Crippen LogP contribution in [0, 0.1) is 0 Å². The molecule has 2 N–H and O–H groups in total. The number of phenolic OH excluding ortho intramolecular Hbond substituents is 1. The highest BCUT2D eigenvalue weighted by molar-refractivity contribution is 9.10. The molecular weight excluding hydrogens is 378 g/mol. The van der Waals surface area contributed by atoms with E-state index in [1.165, 1.54) is 11.8 Å². The fourth-order valence-corrected chi connectivity index (χ4v) is 4.21. The summed E-state index contributed by atoms with van der Waals surface area (Å²) >= 11 is 4.89. The molecule has 2 aromatic carbocycles. The Morgan fingerprint density at radius 1 is 1.30 bits per heavy atom. The number of aromatic amines is 1. The van der Waals surface area contributed by atoms with E-state index < -0.39 is 0 Å². The number of para-hydroxylation sites is 2. The monoisotopic (exact) mass is 389 g/mol. The Balaban J connectivity index is 1.81. The first-order valence-electron chi connectivity index (χ1n) is 7.00. The van der Waals surface area contributed by atoms with E-state index in [4.69, 9.17) is 0 Å². The molecule has 0 radical (unpaired) electrons.